The average molecular weight is 423 g/mol. The molecule has 8 nitrogen and oxygen atoms in total. The first-order valence-electron chi connectivity index (χ1n) is 8.99. The Bertz CT molecular complexity index is 901. The number of benzene rings is 1. The van der Waals surface area contributed by atoms with Gasteiger partial charge in [-0.05, 0) is 25.0 Å². The number of piperidine rings is 1. The molecule has 1 aliphatic heterocycles. The molecule has 1 fully saturated rings. The van der Waals surface area contributed by atoms with Crippen LogP contribution in [0.2, 0.25) is 0 Å². The quantitative estimate of drug-likeness (QED) is 0.706. The van der Waals surface area contributed by atoms with E-state index < -0.39 is 15.9 Å². The highest BCUT2D eigenvalue weighted by molar-refractivity contribution is 7.89. The first-order valence-corrected chi connectivity index (χ1v) is 11.3. The second kappa shape index (κ2) is 9.26. The number of carbonyl (C=O) groups excluding carboxylic acids is 2. The van der Waals surface area contributed by atoms with E-state index in [9.17, 15) is 18.0 Å². The van der Waals surface area contributed by atoms with Gasteiger partial charge in [-0.2, -0.15) is 4.31 Å². The predicted octanol–water partition coefficient (Wildman–Crippen LogP) is 1.69. The number of carbonyl (C=O) groups is 2. The van der Waals surface area contributed by atoms with Crippen LogP contribution in [0, 0.1) is 5.92 Å². The smallest absolute Gasteiger partial charge is 0.243 e. The molecular formula is C18H22N4O4S2. The second-order valence-electron chi connectivity index (χ2n) is 6.44. The van der Waals surface area contributed by atoms with Crippen molar-refractivity contribution in [3.63, 3.8) is 0 Å². The molecule has 2 N–H and O–H groups in total. The summed E-state index contributed by atoms with van der Waals surface area (Å²) in [5.41, 5.74) is 0. The van der Waals surface area contributed by atoms with Crippen LogP contribution in [0.15, 0.2) is 46.8 Å². The molecule has 1 aromatic heterocycles. The third-order valence-electron chi connectivity index (χ3n) is 4.47. The lowest BCUT2D eigenvalue weighted by Crippen LogP contribution is -2.45. The summed E-state index contributed by atoms with van der Waals surface area (Å²) in [5, 5.41) is 7.66. The monoisotopic (exact) mass is 422 g/mol. The molecule has 0 saturated carbocycles. The number of hydrogen-bond donors (Lipinski definition) is 2. The van der Waals surface area contributed by atoms with Crippen molar-refractivity contribution in [3.8, 4) is 0 Å². The minimum absolute atomic E-state index is 0.129. The van der Waals surface area contributed by atoms with E-state index in [0.29, 0.717) is 24.5 Å². The minimum Gasteiger partial charge on any atom is -0.355 e. The molecule has 1 aliphatic rings. The Balaban J connectivity index is 1.49. The van der Waals surface area contributed by atoms with Gasteiger partial charge in [0, 0.05) is 37.6 Å². The Kier molecular flexibility index (Phi) is 6.76. The summed E-state index contributed by atoms with van der Waals surface area (Å²) in [4.78, 5) is 28.5. The zero-order valence-corrected chi connectivity index (χ0v) is 16.8. The normalized spacial score (nSPS) is 17.8. The summed E-state index contributed by atoms with van der Waals surface area (Å²) in [7, 11) is -3.61. The molecule has 28 heavy (non-hydrogen) atoms. The number of aromatic nitrogens is 1. The van der Waals surface area contributed by atoms with Gasteiger partial charge >= 0.3 is 0 Å². The molecule has 3 rings (SSSR count). The summed E-state index contributed by atoms with van der Waals surface area (Å²) >= 11 is 1.32. The van der Waals surface area contributed by atoms with Crippen molar-refractivity contribution < 1.29 is 18.0 Å². The number of nitrogens with zero attached hydrogens (tertiary/aromatic N) is 2. The van der Waals surface area contributed by atoms with Crippen molar-refractivity contribution in [3.05, 3.63) is 41.9 Å². The Morgan fingerprint density at radius 2 is 2.04 bits per heavy atom. The molecule has 150 valence electrons. The van der Waals surface area contributed by atoms with Crippen LogP contribution >= 0.6 is 11.3 Å². The fourth-order valence-corrected chi connectivity index (χ4v) is 5.12. The van der Waals surface area contributed by atoms with Gasteiger partial charge in [0.15, 0.2) is 5.13 Å². The van der Waals surface area contributed by atoms with Gasteiger partial charge in [0.1, 0.15) is 0 Å². The molecule has 1 saturated heterocycles. The van der Waals surface area contributed by atoms with Gasteiger partial charge in [-0.3, -0.25) is 9.59 Å². The van der Waals surface area contributed by atoms with E-state index in [1.54, 1.807) is 41.9 Å². The molecule has 1 atom stereocenters. The topological polar surface area (TPSA) is 108 Å². The summed E-state index contributed by atoms with van der Waals surface area (Å²) in [5.74, 6) is -0.878. The maximum atomic E-state index is 12.7. The third-order valence-corrected chi connectivity index (χ3v) is 7.03. The third kappa shape index (κ3) is 5.15. The van der Waals surface area contributed by atoms with Crippen LogP contribution in [0.3, 0.4) is 0 Å². The molecule has 1 unspecified atom stereocenters. The number of anilines is 1. The van der Waals surface area contributed by atoms with E-state index in [1.165, 1.54) is 15.6 Å². The molecule has 1 aromatic carbocycles. The highest BCUT2D eigenvalue weighted by atomic mass is 32.2. The van der Waals surface area contributed by atoms with Crippen LogP contribution in [0.4, 0.5) is 5.13 Å². The first-order chi connectivity index (χ1) is 13.5. The Morgan fingerprint density at radius 1 is 1.25 bits per heavy atom. The van der Waals surface area contributed by atoms with Gasteiger partial charge in [-0.1, -0.05) is 18.2 Å². The van der Waals surface area contributed by atoms with Crippen molar-refractivity contribution >= 4 is 38.3 Å². The maximum Gasteiger partial charge on any atom is 0.243 e. The zero-order valence-electron chi connectivity index (χ0n) is 15.2. The van der Waals surface area contributed by atoms with E-state index in [0.717, 1.165) is 0 Å². The fraction of sp³-hybridized carbons (Fsp3) is 0.389. The molecule has 2 heterocycles. The largest absolute Gasteiger partial charge is 0.355 e. The highest BCUT2D eigenvalue weighted by Gasteiger charge is 2.33. The molecule has 0 spiro atoms. The van der Waals surface area contributed by atoms with Gasteiger partial charge in [-0.25, -0.2) is 13.4 Å². The maximum absolute atomic E-state index is 12.7. The molecular weight excluding hydrogens is 400 g/mol. The number of hydrogen-bond acceptors (Lipinski definition) is 6. The Labute approximate surface area is 168 Å². The SMILES string of the molecule is O=C(CCNC(=O)C1CCCN(S(=O)(=O)c2ccccc2)C1)Nc1nccs1. The van der Waals surface area contributed by atoms with Crippen molar-refractivity contribution in [2.45, 2.75) is 24.2 Å². The van der Waals surface area contributed by atoms with Gasteiger partial charge in [0.2, 0.25) is 21.8 Å². The summed E-state index contributed by atoms with van der Waals surface area (Å²) in [6.07, 6.45) is 2.97. The lowest BCUT2D eigenvalue weighted by atomic mass is 9.99. The van der Waals surface area contributed by atoms with Gasteiger partial charge in [0.05, 0.1) is 10.8 Å². The summed E-state index contributed by atoms with van der Waals surface area (Å²) in [6, 6.07) is 8.23. The predicted molar refractivity (Wildman–Crippen MR) is 106 cm³/mol. The van der Waals surface area contributed by atoms with E-state index in [1.807, 2.05) is 0 Å². The number of rotatable bonds is 7. The van der Waals surface area contributed by atoms with E-state index in [2.05, 4.69) is 15.6 Å². The average Bonchev–Trinajstić information content (AvgIpc) is 3.21. The number of amides is 2. The standard InChI is InChI=1S/C18H22N4O4S2/c23-16(21-18-20-10-12-27-18)8-9-19-17(24)14-5-4-11-22(13-14)28(25,26)15-6-2-1-3-7-15/h1-3,6-7,10,12,14H,4-5,8-9,11,13H2,(H,19,24)(H,20,21,23). The minimum atomic E-state index is -3.61. The van der Waals surface area contributed by atoms with E-state index in [-0.39, 0.29) is 36.2 Å². The van der Waals surface area contributed by atoms with Crippen molar-refractivity contribution in [1.82, 2.24) is 14.6 Å². The molecule has 10 heteroatoms. The number of thiazole rings is 1. The lowest BCUT2D eigenvalue weighted by Gasteiger charge is -2.31. The van der Waals surface area contributed by atoms with Gasteiger partial charge in [0.25, 0.3) is 0 Å². The Morgan fingerprint density at radius 3 is 2.75 bits per heavy atom. The van der Waals surface area contributed by atoms with Crippen LogP contribution in [-0.4, -0.2) is 49.2 Å². The molecule has 0 aliphatic carbocycles. The van der Waals surface area contributed by atoms with Crippen molar-refractivity contribution in [2.75, 3.05) is 25.0 Å². The van der Waals surface area contributed by atoms with Crippen LogP contribution in [-0.2, 0) is 19.6 Å². The molecule has 2 aromatic rings. The van der Waals surface area contributed by atoms with E-state index in [4.69, 9.17) is 0 Å². The molecule has 2 amide bonds. The van der Waals surface area contributed by atoms with Crippen LogP contribution in [0.5, 0.6) is 0 Å². The first kappa shape index (κ1) is 20.4. The summed E-state index contributed by atoms with van der Waals surface area (Å²) in [6.45, 7) is 0.740. The lowest BCUT2D eigenvalue weighted by molar-refractivity contribution is -0.126. The van der Waals surface area contributed by atoms with Crippen LogP contribution in [0.25, 0.3) is 0 Å². The highest BCUT2D eigenvalue weighted by Crippen LogP contribution is 2.23. The molecule has 0 bridgehead atoms. The second-order valence-corrected chi connectivity index (χ2v) is 9.27. The van der Waals surface area contributed by atoms with Crippen LogP contribution in [0.1, 0.15) is 19.3 Å². The number of nitrogens with one attached hydrogen (secondary N) is 2. The van der Waals surface area contributed by atoms with Crippen molar-refractivity contribution in [1.29, 1.82) is 0 Å². The van der Waals surface area contributed by atoms with Crippen LogP contribution < -0.4 is 10.6 Å². The Hall–Kier alpha value is -2.30. The van der Waals surface area contributed by atoms with Gasteiger partial charge < -0.3 is 10.6 Å². The number of sulfonamides is 1. The van der Waals surface area contributed by atoms with E-state index >= 15 is 0 Å². The van der Waals surface area contributed by atoms with Crippen molar-refractivity contribution in [2.24, 2.45) is 5.92 Å². The summed E-state index contributed by atoms with van der Waals surface area (Å²) < 4.78 is 26.9. The zero-order chi connectivity index (χ0) is 20.0. The van der Waals surface area contributed by atoms with Gasteiger partial charge in [-0.15, -0.1) is 11.3 Å². The fourth-order valence-electron chi connectivity index (χ4n) is 3.03. The molecule has 0 radical (unpaired) electrons.